The number of benzene rings is 2. The molecule has 3 aromatic rings. The Kier molecular flexibility index (Phi) is 5.39. The number of nitrogens with one attached hydrogen (secondary N) is 2. The Morgan fingerprint density at radius 2 is 1.88 bits per heavy atom. The predicted octanol–water partition coefficient (Wildman–Crippen LogP) is 5.16. The standard InChI is InChI=1S/C23H21F5N2O3/c1-3-11-9-22(33,23(26,27)28)21(13-8-15(25)10(2)20(32)18(11)13)29-16-6-5-14(24)19-12(16)4-7-17(31)30-19/h4-8,11,21,29,32-33H,3,9H2,1-2H3,(H,30,31)/t11-,21?,22-/m1/s1. The number of halogens is 5. The van der Waals surface area contributed by atoms with E-state index < -0.39 is 53.1 Å². The van der Waals surface area contributed by atoms with E-state index in [9.17, 15) is 37.0 Å². The number of aliphatic hydroxyl groups is 1. The van der Waals surface area contributed by atoms with Gasteiger partial charge in [-0.05, 0) is 55.5 Å². The third kappa shape index (κ3) is 3.52. The first-order valence-corrected chi connectivity index (χ1v) is 10.3. The lowest BCUT2D eigenvalue weighted by atomic mass is 9.68. The maximum absolute atomic E-state index is 14.6. The van der Waals surface area contributed by atoms with Crippen molar-refractivity contribution in [3.8, 4) is 5.75 Å². The lowest BCUT2D eigenvalue weighted by Crippen LogP contribution is -2.55. The average Bonchev–Trinajstić information content (AvgIpc) is 2.74. The van der Waals surface area contributed by atoms with Gasteiger partial charge in [-0.15, -0.1) is 0 Å². The van der Waals surface area contributed by atoms with Crippen LogP contribution >= 0.6 is 0 Å². The highest BCUT2D eigenvalue weighted by atomic mass is 19.4. The molecule has 1 aliphatic carbocycles. The van der Waals surface area contributed by atoms with Crippen molar-refractivity contribution in [1.82, 2.24) is 4.98 Å². The summed E-state index contributed by atoms with van der Waals surface area (Å²) < 4.78 is 71.5. The molecular formula is C23H21F5N2O3. The second kappa shape index (κ2) is 7.72. The van der Waals surface area contributed by atoms with Crippen LogP contribution in [0.1, 0.15) is 48.4 Å². The molecule has 1 heterocycles. The van der Waals surface area contributed by atoms with Crippen LogP contribution in [0.25, 0.3) is 10.9 Å². The van der Waals surface area contributed by atoms with Gasteiger partial charge in [-0.1, -0.05) is 6.92 Å². The molecule has 3 atom stereocenters. The summed E-state index contributed by atoms with van der Waals surface area (Å²) in [5.74, 6) is -3.06. The van der Waals surface area contributed by atoms with E-state index in [2.05, 4.69) is 10.3 Å². The Bertz CT molecular complexity index is 1300. The zero-order chi connectivity index (χ0) is 24.3. The zero-order valence-electron chi connectivity index (χ0n) is 17.6. The number of hydrogen-bond donors (Lipinski definition) is 4. The summed E-state index contributed by atoms with van der Waals surface area (Å²) >= 11 is 0. The van der Waals surface area contributed by atoms with Gasteiger partial charge in [-0.3, -0.25) is 4.79 Å². The van der Waals surface area contributed by atoms with Gasteiger partial charge in [0, 0.05) is 28.3 Å². The highest BCUT2D eigenvalue weighted by Gasteiger charge is 2.62. The van der Waals surface area contributed by atoms with Gasteiger partial charge in [-0.25, -0.2) is 8.78 Å². The zero-order valence-corrected chi connectivity index (χ0v) is 17.6. The Hall–Kier alpha value is -3.14. The molecule has 1 aliphatic rings. The molecule has 4 rings (SSSR count). The second-order valence-corrected chi connectivity index (χ2v) is 8.35. The van der Waals surface area contributed by atoms with Crippen LogP contribution in [-0.4, -0.2) is 27.0 Å². The maximum Gasteiger partial charge on any atom is 0.419 e. The van der Waals surface area contributed by atoms with E-state index >= 15 is 0 Å². The highest BCUT2D eigenvalue weighted by Crippen LogP contribution is 2.55. The van der Waals surface area contributed by atoms with E-state index in [0.29, 0.717) is 0 Å². The van der Waals surface area contributed by atoms with Crippen LogP contribution in [0.15, 0.2) is 35.1 Å². The van der Waals surface area contributed by atoms with Crippen LogP contribution in [-0.2, 0) is 0 Å². The van der Waals surface area contributed by atoms with Crippen molar-refractivity contribution in [1.29, 1.82) is 0 Å². The number of hydrogen-bond acceptors (Lipinski definition) is 4. The summed E-state index contributed by atoms with van der Waals surface area (Å²) in [7, 11) is 0. The molecule has 33 heavy (non-hydrogen) atoms. The molecule has 1 aromatic heterocycles. The fourth-order valence-electron chi connectivity index (χ4n) is 4.62. The van der Waals surface area contributed by atoms with Crippen molar-refractivity contribution in [3.63, 3.8) is 0 Å². The van der Waals surface area contributed by atoms with Crippen molar-refractivity contribution >= 4 is 16.6 Å². The van der Waals surface area contributed by atoms with E-state index in [1.54, 1.807) is 6.92 Å². The molecule has 0 fully saturated rings. The lowest BCUT2D eigenvalue weighted by molar-refractivity contribution is -0.272. The molecule has 5 nitrogen and oxygen atoms in total. The summed E-state index contributed by atoms with van der Waals surface area (Å²) in [4.78, 5) is 13.9. The monoisotopic (exact) mass is 468 g/mol. The number of phenolic OH excluding ortho intramolecular Hbond substituents is 1. The molecule has 0 radical (unpaired) electrons. The largest absolute Gasteiger partial charge is 0.507 e. The summed E-state index contributed by atoms with van der Waals surface area (Å²) in [5, 5.41) is 24.2. The van der Waals surface area contributed by atoms with Crippen molar-refractivity contribution < 1.29 is 32.2 Å². The number of fused-ring (bicyclic) bond motifs is 2. The molecule has 1 unspecified atom stereocenters. The molecule has 0 bridgehead atoms. The minimum atomic E-state index is -5.11. The van der Waals surface area contributed by atoms with Crippen LogP contribution in [0.2, 0.25) is 0 Å². The van der Waals surface area contributed by atoms with Crippen molar-refractivity contribution in [2.24, 2.45) is 0 Å². The second-order valence-electron chi connectivity index (χ2n) is 8.35. The first-order valence-electron chi connectivity index (χ1n) is 10.3. The molecule has 0 spiro atoms. The van der Waals surface area contributed by atoms with E-state index in [1.807, 2.05) is 0 Å². The van der Waals surface area contributed by atoms with Gasteiger partial charge < -0.3 is 20.5 Å². The number of anilines is 1. The number of aromatic nitrogens is 1. The molecule has 10 heteroatoms. The minimum Gasteiger partial charge on any atom is -0.507 e. The first kappa shape index (κ1) is 23.0. The number of phenols is 1. The quantitative estimate of drug-likeness (QED) is 0.400. The predicted molar refractivity (Wildman–Crippen MR) is 112 cm³/mol. The Morgan fingerprint density at radius 3 is 2.52 bits per heavy atom. The van der Waals surface area contributed by atoms with Gasteiger partial charge in [-0.2, -0.15) is 13.2 Å². The Balaban J connectivity index is 1.98. The number of pyridine rings is 1. The molecule has 2 aromatic carbocycles. The van der Waals surface area contributed by atoms with Gasteiger partial charge in [0.05, 0.1) is 11.6 Å². The van der Waals surface area contributed by atoms with E-state index in [-0.39, 0.29) is 39.7 Å². The number of H-pyrrole nitrogens is 1. The van der Waals surface area contributed by atoms with Crippen molar-refractivity contribution in [3.05, 3.63) is 69.0 Å². The topological polar surface area (TPSA) is 85.4 Å². The van der Waals surface area contributed by atoms with Crippen LogP contribution in [0.5, 0.6) is 5.75 Å². The molecular weight excluding hydrogens is 447 g/mol. The van der Waals surface area contributed by atoms with Gasteiger partial charge in [0.25, 0.3) is 0 Å². The smallest absolute Gasteiger partial charge is 0.419 e. The molecule has 0 amide bonds. The summed E-state index contributed by atoms with van der Waals surface area (Å²) in [6.07, 6.45) is -5.72. The van der Waals surface area contributed by atoms with Gasteiger partial charge in [0.15, 0.2) is 5.60 Å². The lowest BCUT2D eigenvalue weighted by Gasteiger charge is -2.46. The highest BCUT2D eigenvalue weighted by molar-refractivity contribution is 5.91. The van der Waals surface area contributed by atoms with Crippen LogP contribution in [0.4, 0.5) is 27.6 Å². The summed E-state index contributed by atoms with van der Waals surface area (Å²) in [6, 6.07) is 3.41. The molecule has 0 saturated heterocycles. The third-order valence-electron chi connectivity index (χ3n) is 6.44. The number of alkyl halides is 3. The van der Waals surface area contributed by atoms with E-state index in [4.69, 9.17) is 0 Å². The average molecular weight is 468 g/mol. The summed E-state index contributed by atoms with van der Waals surface area (Å²) in [6.45, 7) is 2.93. The first-order chi connectivity index (χ1) is 15.4. The number of aromatic amines is 1. The summed E-state index contributed by atoms with van der Waals surface area (Å²) in [5.41, 5.74) is -4.40. The fraction of sp³-hybridized carbons (Fsp3) is 0.348. The third-order valence-corrected chi connectivity index (χ3v) is 6.44. The molecule has 4 N–H and O–H groups in total. The van der Waals surface area contributed by atoms with Crippen molar-refractivity contribution in [2.75, 3.05) is 5.32 Å². The number of rotatable bonds is 3. The van der Waals surface area contributed by atoms with Gasteiger partial charge in [0.1, 0.15) is 17.4 Å². The SMILES string of the molecule is CC[C@@H]1C[C@](O)(C(F)(F)F)C(Nc2ccc(F)c3[nH]c(=O)ccc23)c2cc(F)c(C)c(O)c21. The van der Waals surface area contributed by atoms with Crippen LogP contribution < -0.4 is 10.9 Å². The van der Waals surface area contributed by atoms with Gasteiger partial charge >= 0.3 is 6.18 Å². The van der Waals surface area contributed by atoms with Crippen LogP contribution in [0, 0.1) is 18.6 Å². The van der Waals surface area contributed by atoms with Gasteiger partial charge in [0.2, 0.25) is 5.56 Å². The van der Waals surface area contributed by atoms with Crippen molar-refractivity contribution in [2.45, 2.75) is 50.4 Å². The van der Waals surface area contributed by atoms with E-state index in [0.717, 1.165) is 18.2 Å². The minimum absolute atomic E-state index is 0.0169. The Labute approximate surface area is 184 Å². The normalized spacial score (nSPS) is 22.9. The van der Waals surface area contributed by atoms with E-state index in [1.165, 1.54) is 19.1 Å². The van der Waals surface area contributed by atoms with Crippen LogP contribution in [0.3, 0.4) is 0 Å². The number of aromatic hydroxyl groups is 1. The Morgan fingerprint density at radius 1 is 1.18 bits per heavy atom. The molecule has 0 saturated carbocycles. The maximum atomic E-state index is 14.6. The molecule has 176 valence electrons. The molecule has 0 aliphatic heterocycles. The fourth-order valence-corrected chi connectivity index (χ4v) is 4.62.